The van der Waals surface area contributed by atoms with Crippen molar-refractivity contribution in [2.75, 3.05) is 13.7 Å². The fraction of sp³-hybridized carbons (Fsp3) is 0.217. The van der Waals surface area contributed by atoms with E-state index >= 15 is 0 Å². The summed E-state index contributed by atoms with van der Waals surface area (Å²) in [6, 6.07) is 5.96. The van der Waals surface area contributed by atoms with Crippen LogP contribution in [0, 0.1) is 0 Å². The molecule has 1 N–H and O–H groups in total. The lowest BCUT2D eigenvalue weighted by molar-refractivity contribution is -0.136. The van der Waals surface area contributed by atoms with Crippen molar-refractivity contribution in [3.63, 3.8) is 0 Å². The van der Waals surface area contributed by atoms with E-state index in [4.69, 9.17) is 9.15 Å². The molecule has 0 bridgehead atoms. The highest BCUT2D eigenvalue weighted by atomic mass is 19.4. The highest BCUT2D eigenvalue weighted by Gasteiger charge is 2.39. The number of hydrogen-bond acceptors (Lipinski definition) is 8. The second kappa shape index (κ2) is 8.43. The van der Waals surface area contributed by atoms with Crippen LogP contribution in [-0.2, 0) is 12.6 Å². The number of methoxy groups -OCH3 is 1. The standard InChI is InChI=1S/C23H17F3N8O3/c1-36-12-4-5-15(27-10-12)20-30-31-21(37-20)22(35)33-8-6-14-18(29-11-28-14)19(33)16-9-17-13(23(24,25)26)3-2-7-34(17)32-16/h2-5,7,9-11,19H,6,8H2,1H3,(H,28,29). The van der Waals surface area contributed by atoms with Crippen molar-refractivity contribution in [1.82, 2.24) is 39.7 Å². The lowest BCUT2D eigenvalue weighted by Gasteiger charge is -2.32. The molecule has 1 atom stereocenters. The molecule has 37 heavy (non-hydrogen) atoms. The van der Waals surface area contributed by atoms with Crippen LogP contribution in [-0.4, -0.2) is 59.2 Å². The number of imidazole rings is 1. The summed E-state index contributed by atoms with van der Waals surface area (Å²) >= 11 is 0. The van der Waals surface area contributed by atoms with Gasteiger partial charge in [-0.25, -0.2) is 14.5 Å². The molecule has 1 amide bonds. The largest absolute Gasteiger partial charge is 0.495 e. The Morgan fingerprint density at radius 2 is 2.08 bits per heavy atom. The predicted molar refractivity (Wildman–Crippen MR) is 119 cm³/mol. The first-order chi connectivity index (χ1) is 17.8. The number of aromatic amines is 1. The number of alkyl halides is 3. The zero-order valence-corrected chi connectivity index (χ0v) is 19.1. The van der Waals surface area contributed by atoms with Gasteiger partial charge in [0.25, 0.3) is 5.89 Å². The maximum atomic E-state index is 13.6. The minimum atomic E-state index is -4.57. The van der Waals surface area contributed by atoms with Gasteiger partial charge in [0, 0.05) is 24.9 Å². The predicted octanol–water partition coefficient (Wildman–Crippen LogP) is 3.32. The normalized spacial score (nSPS) is 15.7. The van der Waals surface area contributed by atoms with Crippen LogP contribution in [0.2, 0.25) is 0 Å². The monoisotopic (exact) mass is 510 g/mol. The molecule has 5 aromatic heterocycles. The number of aromatic nitrogens is 7. The highest BCUT2D eigenvalue weighted by molar-refractivity contribution is 5.90. The summed E-state index contributed by atoms with van der Waals surface area (Å²) in [6.07, 6.45) is 0.234. The Morgan fingerprint density at radius 3 is 2.84 bits per heavy atom. The third-order valence-corrected chi connectivity index (χ3v) is 6.09. The second-order valence-corrected chi connectivity index (χ2v) is 8.23. The van der Waals surface area contributed by atoms with Crippen LogP contribution < -0.4 is 4.74 Å². The highest BCUT2D eigenvalue weighted by Crippen LogP contribution is 2.37. The van der Waals surface area contributed by atoms with Crippen LogP contribution >= 0.6 is 0 Å². The van der Waals surface area contributed by atoms with Gasteiger partial charge in [0.05, 0.1) is 42.1 Å². The molecule has 0 aliphatic carbocycles. The molecule has 0 radical (unpaired) electrons. The topological polar surface area (TPSA) is 127 Å². The molecule has 0 aromatic carbocycles. The Labute approximate surface area is 205 Å². The number of carbonyl (C=O) groups excluding carboxylic acids is 1. The quantitative estimate of drug-likeness (QED) is 0.390. The first-order valence-electron chi connectivity index (χ1n) is 11.1. The minimum absolute atomic E-state index is 0.0302. The summed E-state index contributed by atoms with van der Waals surface area (Å²) in [5.74, 6) is -0.343. The molecule has 1 unspecified atom stereocenters. The van der Waals surface area contributed by atoms with E-state index in [-0.39, 0.29) is 29.5 Å². The SMILES string of the molecule is COc1ccc(-c2nnc(C(=O)N3CCc4[nH]cnc4C3c3cc4c(C(F)(F)F)cccn4n3)o2)nc1. The zero-order chi connectivity index (χ0) is 25.7. The Bertz CT molecular complexity index is 1610. The lowest BCUT2D eigenvalue weighted by atomic mass is 9.99. The van der Waals surface area contributed by atoms with Gasteiger partial charge < -0.3 is 19.0 Å². The second-order valence-electron chi connectivity index (χ2n) is 8.23. The van der Waals surface area contributed by atoms with Crippen molar-refractivity contribution in [3.8, 4) is 17.3 Å². The zero-order valence-electron chi connectivity index (χ0n) is 19.1. The molecule has 5 aromatic rings. The van der Waals surface area contributed by atoms with Crippen molar-refractivity contribution in [2.24, 2.45) is 0 Å². The molecule has 6 heterocycles. The lowest BCUT2D eigenvalue weighted by Crippen LogP contribution is -2.41. The van der Waals surface area contributed by atoms with Crippen molar-refractivity contribution in [3.05, 3.63) is 77.6 Å². The third kappa shape index (κ3) is 3.86. The Balaban J connectivity index is 1.39. The van der Waals surface area contributed by atoms with Gasteiger partial charge in [-0.3, -0.25) is 4.79 Å². The van der Waals surface area contributed by atoms with Crippen LogP contribution in [0.4, 0.5) is 13.2 Å². The fourth-order valence-corrected chi connectivity index (χ4v) is 4.37. The van der Waals surface area contributed by atoms with Gasteiger partial charge in [0.2, 0.25) is 0 Å². The van der Waals surface area contributed by atoms with Gasteiger partial charge in [-0.05, 0) is 30.3 Å². The van der Waals surface area contributed by atoms with Crippen LogP contribution in [0.3, 0.4) is 0 Å². The summed E-state index contributed by atoms with van der Waals surface area (Å²) in [5.41, 5.74) is 0.833. The van der Waals surface area contributed by atoms with Gasteiger partial charge in [-0.2, -0.15) is 18.3 Å². The number of ether oxygens (including phenoxy) is 1. The Morgan fingerprint density at radius 1 is 1.22 bits per heavy atom. The van der Waals surface area contributed by atoms with Crippen LogP contribution in [0.5, 0.6) is 5.75 Å². The van der Waals surface area contributed by atoms with Gasteiger partial charge in [0.15, 0.2) is 0 Å². The molecule has 1 aliphatic heterocycles. The number of halogens is 3. The van der Waals surface area contributed by atoms with Gasteiger partial charge >= 0.3 is 18.0 Å². The van der Waals surface area contributed by atoms with E-state index < -0.39 is 23.7 Å². The number of amides is 1. The van der Waals surface area contributed by atoms with Crippen molar-refractivity contribution >= 4 is 11.4 Å². The van der Waals surface area contributed by atoms with Crippen molar-refractivity contribution in [2.45, 2.75) is 18.6 Å². The number of pyridine rings is 2. The summed E-state index contributed by atoms with van der Waals surface area (Å²) in [5, 5.41) is 12.2. The van der Waals surface area contributed by atoms with E-state index in [0.717, 1.165) is 16.3 Å². The number of rotatable bonds is 4. The molecule has 188 valence electrons. The van der Waals surface area contributed by atoms with E-state index in [1.807, 2.05) is 0 Å². The first kappa shape index (κ1) is 22.7. The van der Waals surface area contributed by atoms with E-state index in [1.54, 1.807) is 12.1 Å². The minimum Gasteiger partial charge on any atom is -0.495 e. The first-order valence-corrected chi connectivity index (χ1v) is 11.1. The average molecular weight is 510 g/mol. The summed E-state index contributed by atoms with van der Waals surface area (Å²) in [6.45, 7) is 0.219. The number of hydrogen-bond donors (Lipinski definition) is 1. The summed E-state index contributed by atoms with van der Waals surface area (Å²) in [4.78, 5) is 26.5. The number of carbonyl (C=O) groups is 1. The van der Waals surface area contributed by atoms with Crippen LogP contribution in [0.25, 0.3) is 17.1 Å². The van der Waals surface area contributed by atoms with Gasteiger partial charge in [-0.15, -0.1) is 10.2 Å². The number of nitrogens with one attached hydrogen (secondary N) is 1. The van der Waals surface area contributed by atoms with Crippen molar-refractivity contribution in [1.29, 1.82) is 0 Å². The van der Waals surface area contributed by atoms with Gasteiger partial charge in [0.1, 0.15) is 17.5 Å². The molecule has 0 fully saturated rings. The molecule has 0 saturated heterocycles. The number of nitrogens with zero attached hydrogens (tertiary/aromatic N) is 7. The fourth-order valence-electron chi connectivity index (χ4n) is 4.37. The molecule has 1 aliphatic rings. The van der Waals surface area contributed by atoms with Crippen LogP contribution in [0.1, 0.15) is 39.4 Å². The van der Waals surface area contributed by atoms with E-state index in [9.17, 15) is 18.0 Å². The number of fused-ring (bicyclic) bond motifs is 2. The molecule has 11 nitrogen and oxygen atoms in total. The molecule has 0 saturated carbocycles. The van der Waals surface area contributed by atoms with E-state index in [2.05, 4.69) is 30.2 Å². The molecular weight excluding hydrogens is 493 g/mol. The maximum absolute atomic E-state index is 13.6. The van der Waals surface area contributed by atoms with Gasteiger partial charge in [-0.1, -0.05) is 0 Å². The Hall–Kier alpha value is -4.75. The molecular formula is C23H17F3N8O3. The Kier molecular flexibility index (Phi) is 5.17. The van der Waals surface area contributed by atoms with E-state index in [0.29, 0.717) is 23.6 Å². The number of H-pyrrole nitrogens is 1. The average Bonchev–Trinajstić information content (AvgIpc) is 3.66. The molecule has 6 rings (SSSR count). The smallest absolute Gasteiger partial charge is 0.418 e. The summed E-state index contributed by atoms with van der Waals surface area (Å²) in [7, 11) is 1.51. The van der Waals surface area contributed by atoms with Crippen LogP contribution in [0.15, 0.2) is 53.5 Å². The third-order valence-electron chi connectivity index (χ3n) is 6.09. The summed E-state index contributed by atoms with van der Waals surface area (Å²) < 4.78 is 52.7. The molecule has 14 heteroatoms. The molecule has 0 spiro atoms. The van der Waals surface area contributed by atoms with E-state index in [1.165, 1.54) is 42.9 Å². The van der Waals surface area contributed by atoms with Crippen molar-refractivity contribution < 1.29 is 27.1 Å². The maximum Gasteiger partial charge on any atom is 0.418 e.